The highest BCUT2D eigenvalue weighted by atomic mass is 32.2. The van der Waals surface area contributed by atoms with Crippen LogP contribution in [0, 0.1) is 0 Å². The van der Waals surface area contributed by atoms with E-state index in [1.54, 1.807) is 31.4 Å². The molecule has 0 saturated heterocycles. The van der Waals surface area contributed by atoms with Crippen LogP contribution in [0.2, 0.25) is 0 Å². The number of carbonyl (C=O) groups excluding carboxylic acids is 1. The predicted octanol–water partition coefficient (Wildman–Crippen LogP) is 3.73. The molecule has 20 heavy (non-hydrogen) atoms. The van der Waals surface area contributed by atoms with Crippen LogP contribution in [0.5, 0.6) is 11.5 Å². The summed E-state index contributed by atoms with van der Waals surface area (Å²) < 4.78 is 5.13. The lowest BCUT2D eigenvalue weighted by Crippen LogP contribution is -1.93. The molecule has 3 rings (SSSR count). The minimum Gasteiger partial charge on any atom is -0.507 e. The molecule has 2 aromatic carbocycles. The first-order chi connectivity index (χ1) is 9.69. The lowest BCUT2D eigenvalue weighted by molar-refractivity contribution is 0.104. The average molecular weight is 284 g/mol. The number of allylic oxidation sites excluding steroid dienone is 1. The fourth-order valence-electron chi connectivity index (χ4n) is 2.05. The maximum Gasteiger partial charge on any atom is 0.200 e. The molecule has 1 N–H and O–H groups in total. The smallest absolute Gasteiger partial charge is 0.200 e. The summed E-state index contributed by atoms with van der Waals surface area (Å²) in [6.45, 7) is 0. The average Bonchev–Trinajstić information content (AvgIpc) is 2.78. The Morgan fingerprint density at radius 3 is 2.75 bits per heavy atom. The first-order valence-electron chi connectivity index (χ1n) is 6.09. The van der Waals surface area contributed by atoms with Gasteiger partial charge < -0.3 is 9.84 Å². The summed E-state index contributed by atoms with van der Waals surface area (Å²) in [7, 11) is 1.56. The van der Waals surface area contributed by atoms with Crippen molar-refractivity contribution in [2.45, 2.75) is 4.90 Å². The fraction of sp³-hybridized carbons (Fsp3) is 0.0625. The molecule has 1 aliphatic rings. The topological polar surface area (TPSA) is 46.5 Å². The van der Waals surface area contributed by atoms with Crippen LogP contribution in [-0.4, -0.2) is 18.0 Å². The molecule has 0 saturated carbocycles. The molecule has 0 spiro atoms. The Balaban J connectivity index is 2.01. The van der Waals surface area contributed by atoms with E-state index < -0.39 is 0 Å². The number of hydrogen-bond donors (Lipinski definition) is 1. The molecular formula is C16H12O3S. The molecule has 1 aliphatic heterocycles. The third-order valence-electron chi connectivity index (χ3n) is 3.10. The van der Waals surface area contributed by atoms with Crippen LogP contribution in [0.3, 0.4) is 0 Å². The number of fused-ring (bicyclic) bond motifs is 1. The van der Waals surface area contributed by atoms with Crippen LogP contribution in [0.4, 0.5) is 0 Å². The van der Waals surface area contributed by atoms with E-state index in [2.05, 4.69) is 0 Å². The summed E-state index contributed by atoms with van der Waals surface area (Å²) in [6, 6.07) is 12.4. The third-order valence-corrected chi connectivity index (χ3v) is 4.20. The Kier molecular flexibility index (Phi) is 3.24. The number of benzene rings is 2. The Morgan fingerprint density at radius 2 is 2.00 bits per heavy atom. The molecule has 0 unspecified atom stereocenters. The van der Waals surface area contributed by atoms with E-state index in [0.29, 0.717) is 21.8 Å². The largest absolute Gasteiger partial charge is 0.507 e. The van der Waals surface area contributed by atoms with Crippen molar-refractivity contribution in [2.24, 2.45) is 0 Å². The highest BCUT2D eigenvalue weighted by molar-refractivity contribution is 8.04. The van der Waals surface area contributed by atoms with Gasteiger partial charge in [-0.25, -0.2) is 0 Å². The van der Waals surface area contributed by atoms with Gasteiger partial charge in [-0.05, 0) is 36.4 Å². The zero-order chi connectivity index (χ0) is 14.1. The standard InChI is InChI=1S/C16H12O3S/c1-19-11-6-7-13(17)10(8-11)9-15-16(18)12-4-2-3-5-14(12)20-15/h2-9,17H,1H3/b15-9+. The number of Topliss-reactive ketones (excluding diaryl/α,β-unsaturated/α-hetero) is 1. The molecule has 1 heterocycles. The van der Waals surface area contributed by atoms with Gasteiger partial charge in [-0.2, -0.15) is 0 Å². The van der Waals surface area contributed by atoms with Crippen LogP contribution < -0.4 is 4.74 Å². The van der Waals surface area contributed by atoms with Gasteiger partial charge in [0, 0.05) is 16.0 Å². The van der Waals surface area contributed by atoms with Gasteiger partial charge in [0.15, 0.2) is 0 Å². The zero-order valence-electron chi connectivity index (χ0n) is 10.8. The molecule has 0 radical (unpaired) electrons. The van der Waals surface area contributed by atoms with Crippen LogP contribution in [0.15, 0.2) is 52.3 Å². The lowest BCUT2D eigenvalue weighted by Gasteiger charge is -2.04. The van der Waals surface area contributed by atoms with E-state index in [-0.39, 0.29) is 11.5 Å². The van der Waals surface area contributed by atoms with Crippen molar-refractivity contribution < 1.29 is 14.6 Å². The maximum absolute atomic E-state index is 12.3. The number of phenols is 1. The lowest BCUT2D eigenvalue weighted by atomic mass is 10.1. The summed E-state index contributed by atoms with van der Waals surface area (Å²) in [5.74, 6) is 0.762. The molecule has 0 aromatic heterocycles. The Hall–Kier alpha value is -2.20. The number of ether oxygens (including phenoxy) is 1. The molecule has 0 bridgehead atoms. The summed E-state index contributed by atoms with van der Waals surface area (Å²) in [4.78, 5) is 13.8. The third kappa shape index (κ3) is 2.18. The SMILES string of the molecule is COc1ccc(O)c(/C=C2/Sc3ccccc3C2=O)c1. The highest BCUT2D eigenvalue weighted by Gasteiger charge is 2.25. The molecule has 100 valence electrons. The number of methoxy groups -OCH3 is 1. The molecule has 0 amide bonds. The minimum absolute atomic E-state index is 0.00665. The van der Waals surface area contributed by atoms with Gasteiger partial charge in [0.1, 0.15) is 11.5 Å². The molecule has 0 aliphatic carbocycles. The van der Waals surface area contributed by atoms with Gasteiger partial charge in [-0.3, -0.25) is 4.79 Å². The monoisotopic (exact) mass is 284 g/mol. The quantitative estimate of drug-likeness (QED) is 0.854. The second-order valence-electron chi connectivity index (χ2n) is 4.36. The fourth-order valence-corrected chi connectivity index (χ4v) is 3.09. The van der Waals surface area contributed by atoms with E-state index in [0.717, 1.165) is 4.90 Å². The number of aromatic hydroxyl groups is 1. The molecule has 3 nitrogen and oxygen atoms in total. The van der Waals surface area contributed by atoms with E-state index in [9.17, 15) is 9.90 Å². The van der Waals surface area contributed by atoms with Crippen LogP contribution in [-0.2, 0) is 0 Å². The van der Waals surface area contributed by atoms with Gasteiger partial charge in [0.05, 0.1) is 12.0 Å². The number of ketones is 1. The van der Waals surface area contributed by atoms with Crippen molar-refractivity contribution in [3.8, 4) is 11.5 Å². The van der Waals surface area contributed by atoms with Gasteiger partial charge >= 0.3 is 0 Å². The summed E-state index contributed by atoms with van der Waals surface area (Å²) in [5, 5.41) is 9.87. The molecule has 2 aromatic rings. The first-order valence-corrected chi connectivity index (χ1v) is 6.91. The molecule has 0 fully saturated rings. The number of thioether (sulfide) groups is 1. The molecular weight excluding hydrogens is 272 g/mol. The first kappa shape index (κ1) is 12.8. The number of phenolic OH excluding ortho intramolecular Hbond substituents is 1. The Bertz CT molecular complexity index is 719. The van der Waals surface area contributed by atoms with Gasteiger partial charge in [0.2, 0.25) is 5.78 Å². The van der Waals surface area contributed by atoms with Gasteiger partial charge in [-0.15, -0.1) is 0 Å². The predicted molar refractivity (Wildman–Crippen MR) is 79.3 cm³/mol. The van der Waals surface area contributed by atoms with Crippen molar-refractivity contribution in [3.63, 3.8) is 0 Å². The number of hydrogen-bond acceptors (Lipinski definition) is 4. The normalized spacial score (nSPS) is 15.4. The van der Waals surface area contributed by atoms with E-state index in [1.807, 2.05) is 24.3 Å². The van der Waals surface area contributed by atoms with Gasteiger partial charge in [-0.1, -0.05) is 23.9 Å². The van der Waals surface area contributed by atoms with E-state index >= 15 is 0 Å². The summed E-state index contributed by atoms with van der Waals surface area (Å²) in [5.41, 5.74) is 1.29. The van der Waals surface area contributed by atoms with Crippen molar-refractivity contribution in [2.75, 3.05) is 7.11 Å². The second kappa shape index (κ2) is 5.06. The summed E-state index contributed by atoms with van der Waals surface area (Å²) in [6.07, 6.45) is 1.70. The van der Waals surface area contributed by atoms with Crippen molar-refractivity contribution in [3.05, 3.63) is 58.5 Å². The van der Waals surface area contributed by atoms with E-state index in [1.165, 1.54) is 11.8 Å². The van der Waals surface area contributed by atoms with Crippen LogP contribution in [0.25, 0.3) is 6.08 Å². The van der Waals surface area contributed by atoms with Crippen molar-refractivity contribution in [1.29, 1.82) is 0 Å². The Labute approximate surface area is 120 Å². The van der Waals surface area contributed by atoms with Crippen LogP contribution >= 0.6 is 11.8 Å². The summed E-state index contributed by atoms with van der Waals surface area (Å²) >= 11 is 1.42. The van der Waals surface area contributed by atoms with Crippen molar-refractivity contribution >= 4 is 23.6 Å². The van der Waals surface area contributed by atoms with E-state index in [4.69, 9.17) is 4.74 Å². The number of carbonyl (C=O) groups is 1. The van der Waals surface area contributed by atoms with Crippen LogP contribution in [0.1, 0.15) is 15.9 Å². The maximum atomic E-state index is 12.3. The minimum atomic E-state index is -0.00665. The highest BCUT2D eigenvalue weighted by Crippen LogP contribution is 2.41. The number of rotatable bonds is 2. The van der Waals surface area contributed by atoms with Crippen molar-refractivity contribution in [1.82, 2.24) is 0 Å². The zero-order valence-corrected chi connectivity index (χ0v) is 11.6. The second-order valence-corrected chi connectivity index (χ2v) is 5.44. The molecule has 0 atom stereocenters. The molecule has 4 heteroatoms. The Morgan fingerprint density at radius 1 is 1.20 bits per heavy atom. The van der Waals surface area contributed by atoms with Gasteiger partial charge in [0.25, 0.3) is 0 Å².